The summed E-state index contributed by atoms with van der Waals surface area (Å²) < 4.78 is 5.33. The molecule has 0 saturated carbocycles. The average molecular weight is 290 g/mol. The zero-order valence-electron chi connectivity index (χ0n) is 12.5. The second-order valence-corrected chi connectivity index (χ2v) is 5.56. The molecule has 2 rings (SSSR count). The molecular weight excluding hydrogens is 268 g/mol. The van der Waals surface area contributed by atoms with Gasteiger partial charge in [0, 0.05) is 24.8 Å². The van der Waals surface area contributed by atoms with Crippen LogP contribution in [0, 0.1) is 5.92 Å². The Hall–Kier alpha value is -1.88. The number of ether oxygens (including phenoxy) is 1. The molecule has 5 heteroatoms. The summed E-state index contributed by atoms with van der Waals surface area (Å²) in [6.45, 7) is 4.84. The van der Waals surface area contributed by atoms with Crippen molar-refractivity contribution in [3.05, 3.63) is 29.8 Å². The van der Waals surface area contributed by atoms with Crippen LogP contribution in [0.2, 0.25) is 0 Å². The summed E-state index contributed by atoms with van der Waals surface area (Å²) in [5.74, 6) is -0.102. The normalized spacial score (nSPS) is 17.8. The smallest absolute Gasteiger partial charge is 0.249 e. The van der Waals surface area contributed by atoms with Gasteiger partial charge in [0.05, 0.1) is 0 Å². The molecule has 2 N–H and O–H groups in total. The Morgan fingerprint density at radius 3 is 2.57 bits per heavy atom. The van der Waals surface area contributed by atoms with Crippen molar-refractivity contribution in [2.45, 2.75) is 39.3 Å². The lowest BCUT2D eigenvalue weighted by molar-refractivity contribution is -0.130. The predicted octanol–water partition coefficient (Wildman–Crippen LogP) is 2.08. The summed E-state index contributed by atoms with van der Waals surface area (Å²) in [6.07, 6.45) is 1.45. The van der Waals surface area contributed by atoms with Crippen LogP contribution in [0.4, 0.5) is 5.69 Å². The second-order valence-electron chi connectivity index (χ2n) is 5.56. The third-order valence-electron chi connectivity index (χ3n) is 3.43. The predicted molar refractivity (Wildman–Crippen MR) is 80.7 cm³/mol. The lowest BCUT2D eigenvalue weighted by Crippen LogP contribution is -2.33. The molecule has 0 aromatic heterocycles. The molecule has 1 aliphatic rings. The highest BCUT2D eigenvalue weighted by Crippen LogP contribution is 2.13. The fourth-order valence-electron chi connectivity index (χ4n) is 2.08. The topological polar surface area (TPSA) is 67.4 Å². The van der Waals surface area contributed by atoms with E-state index in [-0.39, 0.29) is 23.8 Å². The van der Waals surface area contributed by atoms with Crippen LogP contribution in [0.25, 0.3) is 0 Å². The number of hydrogen-bond acceptors (Lipinski definition) is 3. The first-order chi connectivity index (χ1) is 10.1. The van der Waals surface area contributed by atoms with Crippen molar-refractivity contribution < 1.29 is 14.3 Å². The molecule has 2 amide bonds. The van der Waals surface area contributed by atoms with Gasteiger partial charge >= 0.3 is 0 Å². The third-order valence-corrected chi connectivity index (χ3v) is 3.43. The second kappa shape index (κ2) is 7.22. The summed E-state index contributed by atoms with van der Waals surface area (Å²) in [6, 6.07) is 7.47. The average Bonchev–Trinajstić information content (AvgIpc) is 3.00. The van der Waals surface area contributed by atoms with Gasteiger partial charge in [0.1, 0.15) is 6.10 Å². The first-order valence-corrected chi connectivity index (χ1v) is 7.35. The van der Waals surface area contributed by atoms with Crippen LogP contribution in [-0.4, -0.2) is 24.5 Å². The van der Waals surface area contributed by atoms with E-state index < -0.39 is 0 Å². The highest BCUT2D eigenvalue weighted by atomic mass is 16.5. The maximum absolute atomic E-state index is 11.8. The van der Waals surface area contributed by atoms with E-state index in [1.807, 2.05) is 38.1 Å². The van der Waals surface area contributed by atoms with E-state index in [1.165, 1.54) is 0 Å². The molecule has 1 saturated heterocycles. The standard InChI is InChI=1S/C16H22N2O3/c1-11(2)15(19)18-13-7-5-12(6-8-13)10-17-16(20)14-4-3-9-21-14/h5-8,11,14H,3-4,9-10H2,1-2H3,(H,17,20)(H,18,19). The fourth-order valence-corrected chi connectivity index (χ4v) is 2.08. The molecule has 0 spiro atoms. The molecule has 5 nitrogen and oxygen atoms in total. The summed E-state index contributed by atoms with van der Waals surface area (Å²) in [5, 5.41) is 5.70. The Labute approximate surface area is 125 Å². The summed E-state index contributed by atoms with van der Waals surface area (Å²) in [7, 11) is 0. The number of amides is 2. The molecule has 1 aromatic rings. The Balaban J connectivity index is 1.82. The van der Waals surface area contributed by atoms with Crippen LogP contribution in [0.1, 0.15) is 32.3 Å². The molecule has 0 radical (unpaired) electrons. The lowest BCUT2D eigenvalue weighted by atomic mass is 10.1. The number of rotatable bonds is 5. The van der Waals surface area contributed by atoms with Crippen molar-refractivity contribution in [3.63, 3.8) is 0 Å². The van der Waals surface area contributed by atoms with Gasteiger partial charge in [-0.05, 0) is 30.5 Å². The quantitative estimate of drug-likeness (QED) is 0.872. The van der Waals surface area contributed by atoms with Crippen molar-refractivity contribution in [2.75, 3.05) is 11.9 Å². The number of hydrogen-bond donors (Lipinski definition) is 2. The Morgan fingerprint density at radius 1 is 1.29 bits per heavy atom. The van der Waals surface area contributed by atoms with Gasteiger partial charge in [0.25, 0.3) is 0 Å². The maximum atomic E-state index is 11.8. The highest BCUT2D eigenvalue weighted by molar-refractivity contribution is 5.92. The number of nitrogens with one attached hydrogen (secondary N) is 2. The number of carbonyl (C=O) groups excluding carboxylic acids is 2. The minimum Gasteiger partial charge on any atom is -0.368 e. The Morgan fingerprint density at radius 2 is 2.00 bits per heavy atom. The highest BCUT2D eigenvalue weighted by Gasteiger charge is 2.22. The van der Waals surface area contributed by atoms with Crippen LogP contribution in [0.5, 0.6) is 0 Å². The molecule has 1 fully saturated rings. The zero-order chi connectivity index (χ0) is 15.2. The number of carbonyl (C=O) groups is 2. The Bertz CT molecular complexity index is 491. The van der Waals surface area contributed by atoms with Gasteiger partial charge in [-0.3, -0.25) is 9.59 Å². The van der Waals surface area contributed by atoms with Gasteiger partial charge in [0.15, 0.2) is 0 Å². The van der Waals surface area contributed by atoms with E-state index >= 15 is 0 Å². The van der Waals surface area contributed by atoms with E-state index in [1.54, 1.807) is 0 Å². The van der Waals surface area contributed by atoms with E-state index in [9.17, 15) is 9.59 Å². The molecule has 1 aliphatic heterocycles. The van der Waals surface area contributed by atoms with Gasteiger partial charge in [-0.15, -0.1) is 0 Å². The number of anilines is 1. The molecule has 1 unspecified atom stereocenters. The van der Waals surface area contributed by atoms with Gasteiger partial charge in [0.2, 0.25) is 11.8 Å². The van der Waals surface area contributed by atoms with E-state index in [0.29, 0.717) is 13.2 Å². The van der Waals surface area contributed by atoms with Crippen LogP contribution in [0.3, 0.4) is 0 Å². The Kier molecular flexibility index (Phi) is 5.33. The molecule has 1 atom stereocenters. The molecule has 0 bridgehead atoms. The van der Waals surface area contributed by atoms with Crippen LogP contribution >= 0.6 is 0 Å². The van der Waals surface area contributed by atoms with E-state index in [4.69, 9.17) is 4.74 Å². The molecule has 0 aliphatic carbocycles. The van der Waals surface area contributed by atoms with Crippen molar-refractivity contribution in [1.29, 1.82) is 0 Å². The van der Waals surface area contributed by atoms with Crippen LogP contribution < -0.4 is 10.6 Å². The third kappa shape index (κ3) is 4.56. The molecule has 114 valence electrons. The number of benzene rings is 1. The van der Waals surface area contributed by atoms with Crippen molar-refractivity contribution in [1.82, 2.24) is 5.32 Å². The fraction of sp³-hybridized carbons (Fsp3) is 0.500. The van der Waals surface area contributed by atoms with Gasteiger partial charge < -0.3 is 15.4 Å². The summed E-state index contributed by atoms with van der Waals surface area (Å²) in [4.78, 5) is 23.4. The van der Waals surface area contributed by atoms with Crippen molar-refractivity contribution >= 4 is 17.5 Å². The molecule has 21 heavy (non-hydrogen) atoms. The monoisotopic (exact) mass is 290 g/mol. The maximum Gasteiger partial charge on any atom is 0.249 e. The molecular formula is C16H22N2O3. The first-order valence-electron chi connectivity index (χ1n) is 7.35. The minimum absolute atomic E-state index is 0.00515. The zero-order valence-corrected chi connectivity index (χ0v) is 12.5. The van der Waals surface area contributed by atoms with Gasteiger partial charge in [-0.2, -0.15) is 0 Å². The van der Waals surface area contributed by atoms with Crippen LogP contribution in [-0.2, 0) is 20.9 Å². The SMILES string of the molecule is CC(C)C(=O)Nc1ccc(CNC(=O)C2CCCO2)cc1. The first kappa shape index (κ1) is 15.5. The van der Waals surface area contributed by atoms with E-state index in [2.05, 4.69) is 10.6 Å². The van der Waals surface area contributed by atoms with Gasteiger partial charge in [-0.25, -0.2) is 0 Å². The molecule has 1 aromatic carbocycles. The lowest BCUT2D eigenvalue weighted by Gasteiger charge is -2.11. The van der Waals surface area contributed by atoms with Crippen molar-refractivity contribution in [3.8, 4) is 0 Å². The van der Waals surface area contributed by atoms with Gasteiger partial charge in [-0.1, -0.05) is 26.0 Å². The van der Waals surface area contributed by atoms with E-state index in [0.717, 1.165) is 24.1 Å². The minimum atomic E-state index is -0.297. The van der Waals surface area contributed by atoms with Crippen molar-refractivity contribution in [2.24, 2.45) is 5.92 Å². The molecule has 1 heterocycles. The summed E-state index contributed by atoms with van der Waals surface area (Å²) >= 11 is 0. The van der Waals surface area contributed by atoms with Crippen LogP contribution in [0.15, 0.2) is 24.3 Å². The summed E-state index contributed by atoms with van der Waals surface area (Å²) in [5.41, 5.74) is 1.76. The largest absolute Gasteiger partial charge is 0.368 e.